The van der Waals surface area contributed by atoms with E-state index in [0.717, 1.165) is 68.2 Å². The summed E-state index contributed by atoms with van der Waals surface area (Å²) < 4.78 is 5.92. The first-order valence-corrected chi connectivity index (χ1v) is 11.1. The van der Waals surface area contributed by atoms with Gasteiger partial charge in [0.05, 0.1) is 17.6 Å². The molecule has 2 aliphatic rings. The number of nitrogens with zero attached hydrogens (tertiary/aromatic N) is 2. The maximum atomic E-state index is 11.6. The van der Waals surface area contributed by atoms with Crippen LogP contribution in [0.5, 0.6) is 5.75 Å². The SMILES string of the molecule is Cc1cc2nc(C#CC3CC3)ccc2c(-c2ccc3c4c(ccnc24)CCO3)c1CC=O. The van der Waals surface area contributed by atoms with Crippen molar-refractivity contribution in [3.63, 3.8) is 0 Å². The van der Waals surface area contributed by atoms with Crippen molar-refractivity contribution in [2.45, 2.75) is 32.6 Å². The maximum Gasteiger partial charge on any atom is 0.129 e. The summed E-state index contributed by atoms with van der Waals surface area (Å²) in [7, 11) is 0. The van der Waals surface area contributed by atoms with E-state index < -0.39 is 0 Å². The van der Waals surface area contributed by atoms with Crippen molar-refractivity contribution < 1.29 is 9.53 Å². The van der Waals surface area contributed by atoms with Crippen LogP contribution in [0.25, 0.3) is 32.9 Å². The molecule has 0 N–H and O–H groups in total. The molecule has 32 heavy (non-hydrogen) atoms. The van der Waals surface area contributed by atoms with Gasteiger partial charge in [0.15, 0.2) is 0 Å². The Morgan fingerprint density at radius 1 is 1.19 bits per heavy atom. The number of carbonyl (C=O) groups is 1. The monoisotopic (exact) mass is 418 g/mol. The van der Waals surface area contributed by atoms with Crippen molar-refractivity contribution in [2.75, 3.05) is 6.61 Å². The summed E-state index contributed by atoms with van der Waals surface area (Å²) in [6.07, 6.45) is 6.45. The highest BCUT2D eigenvalue weighted by atomic mass is 16.5. The highest BCUT2D eigenvalue weighted by molar-refractivity contribution is 6.07. The molecule has 0 bridgehead atoms. The number of fused-ring (bicyclic) bond motifs is 1. The standard InChI is InChI=1S/C28H22N2O2/c1-17-16-24-22(7-6-20(30-24)5-4-18-2-3-18)27(21(17)11-14-31)23-8-9-25-26-19(12-15-32-25)10-13-29-28(23)26/h6-10,13-14,16,18H,2-3,11-12,15H2,1H3. The van der Waals surface area contributed by atoms with Gasteiger partial charge in [-0.25, -0.2) is 4.98 Å². The fourth-order valence-corrected chi connectivity index (χ4v) is 4.68. The number of rotatable bonds is 3. The molecular formula is C28H22N2O2. The molecule has 1 saturated carbocycles. The van der Waals surface area contributed by atoms with Gasteiger partial charge in [0, 0.05) is 41.3 Å². The van der Waals surface area contributed by atoms with Gasteiger partial charge >= 0.3 is 0 Å². The molecule has 1 aliphatic heterocycles. The average molecular weight is 418 g/mol. The van der Waals surface area contributed by atoms with E-state index in [1.165, 1.54) is 18.4 Å². The maximum absolute atomic E-state index is 11.6. The van der Waals surface area contributed by atoms with Crippen molar-refractivity contribution in [3.8, 4) is 28.7 Å². The minimum absolute atomic E-state index is 0.347. The third kappa shape index (κ3) is 3.13. The van der Waals surface area contributed by atoms with Crippen LogP contribution < -0.4 is 4.74 Å². The molecule has 1 fully saturated rings. The Morgan fingerprint density at radius 2 is 2.09 bits per heavy atom. The topological polar surface area (TPSA) is 52.1 Å². The second-order valence-electron chi connectivity index (χ2n) is 8.63. The molecule has 0 unspecified atom stereocenters. The third-order valence-electron chi connectivity index (χ3n) is 6.43. The summed E-state index contributed by atoms with van der Waals surface area (Å²) in [4.78, 5) is 21.2. The Bertz CT molecular complexity index is 1460. The number of aromatic nitrogens is 2. The Morgan fingerprint density at radius 3 is 2.94 bits per heavy atom. The Hall–Kier alpha value is -3.71. The van der Waals surface area contributed by atoms with E-state index in [0.29, 0.717) is 18.9 Å². The van der Waals surface area contributed by atoms with Gasteiger partial charge in [-0.3, -0.25) is 4.98 Å². The first kappa shape index (κ1) is 19.0. The highest BCUT2D eigenvalue weighted by Crippen LogP contribution is 2.42. The predicted molar refractivity (Wildman–Crippen MR) is 126 cm³/mol. The Kier molecular flexibility index (Phi) is 4.43. The predicted octanol–water partition coefficient (Wildman–Crippen LogP) is 5.20. The molecule has 6 rings (SSSR count). The zero-order valence-electron chi connectivity index (χ0n) is 17.9. The highest BCUT2D eigenvalue weighted by Gasteiger charge is 2.21. The van der Waals surface area contributed by atoms with Gasteiger partial charge in [0.25, 0.3) is 0 Å². The molecule has 0 amide bonds. The van der Waals surface area contributed by atoms with E-state index in [2.05, 4.69) is 36.1 Å². The van der Waals surface area contributed by atoms with E-state index in [1.807, 2.05) is 25.3 Å². The first-order valence-electron chi connectivity index (χ1n) is 11.1. The minimum atomic E-state index is 0.347. The number of hydrogen-bond donors (Lipinski definition) is 0. The average Bonchev–Trinajstić information content (AvgIpc) is 3.64. The molecule has 0 saturated heterocycles. The Balaban J connectivity index is 1.64. The Labute approximate surface area is 186 Å². The van der Waals surface area contributed by atoms with Crippen LogP contribution in [0.1, 0.15) is 35.2 Å². The molecule has 4 heteroatoms. The lowest BCUT2D eigenvalue weighted by atomic mass is 9.88. The number of benzene rings is 2. The van der Waals surface area contributed by atoms with Crippen LogP contribution in [0.2, 0.25) is 0 Å². The summed E-state index contributed by atoms with van der Waals surface area (Å²) in [5, 5.41) is 2.09. The molecule has 2 aromatic heterocycles. The fourth-order valence-electron chi connectivity index (χ4n) is 4.68. The summed E-state index contributed by atoms with van der Waals surface area (Å²) in [6, 6.07) is 12.3. The van der Waals surface area contributed by atoms with E-state index in [1.54, 1.807) is 0 Å². The molecule has 0 radical (unpaired) electrons. The van der Waals surface area contributed by atoms with Gasteiger partial charge < -0.3 is 9.53 Å². The van der Waals surface area contributed by atoms with Gasteiger partial charge in [-0.1, -0.05) is 5.92 Å². The summed E-state index contributed by atoms with van der Waals surface area (Å²) in [5.41, 5.74) is 7.97. The first-order chi connectivity index (χ1) is 15.7. The number of aryl methyl sites for hydroxylation is 1. The van der Waals surface area contributed by atoms with Crippen LogP contribution in [0.15, 0.2) is 42.6 Å². The number of aldehydes is 1. The molecule has 156 valence electrons. The van der Waals surface area contributed by atoms with Gasteiger partial charge in [0.1, 0.15) is 17.7 Å². The number of pyridine rings is 2. The second kappa shape index (κ2) is 7.46. The van der Waals surface area contributed by atoms with Crippen molar-refractivity contribution in [2.24, 2.45) is 5.92 Å². The largest absolute Gasteiger partial charge is 0.493 e. The van der Waals surface area contributed by atoms with Crippen molar-refractivity contribution in [1.82, 2.24) is 9.97 Å². The normalized spacial score (nSPS) is 14.7. The minimum Gasteiger partial charge on any atom is -0.493 e. The van der Waals surface area contributed by atoms with E-state index >= 15 is 0 Å². The van der Waals surface area contributed by atoms with Gasteiger partial charge in [-0.15, -0.1) is 0 Å². The number of ether oxygens (including phenoxy) is 1. The van der Waals surface area contributed by atoms with Crippen LogP contribution in [0.3, 0.4) is 0 Å². The third-order valence-corrected chi connectivity index (χ3v) is 6.43. The van der Waals surface area contributed by atoms with E-state index in [9.17, 15) is 4.79 Å². The lowest BCUT2D eigenvalue weighted by molar-refractivity contribution is -0.107. The molecule has 4 aromatic rings. The van der Waals surface area contributed by atoms with Crippen LogP contribution in [-0.2, 0) is 17.6 Å². The quantitative estimate of drug-likeness (QED) is 0.339. The van der Waals surface area contributed by atoms with E-state index in [4.69, 9.17) is 14.7 Å². The molecule has 2 aromatic carbocycles. The second-order valence-corrected chi connectivity index (χ2v) is 8.63. The summed E-state index contributed by atoms with van der Waals surface area (Å²) in [5.74, 6) is 7.94. The fraction of sp³-hybridized carbons (Fsp3) is 0.250. The molecule has 3 heterocycles. The van der Waals surface area contributed by atoms with Crippen molar-refractivity contribution >= 4 is 28.1 Å². The van der Waals surface area contributed by atoms with Gasteiger partial charge in [-0.2, -0.15) is 0 Å². The number of hydrogen-bond acceptors (Lipinski definition) is 4. The zero-order valence-corrected chi connectivity index (χ0v) is 17.9. The van der Waals surface area contributed by atoms with Crippen molar-refractivity contribution in [1.29, 1.82) is 0 Å². The van der Waals surface area contributed by atoms with Gasteiger partial charge in [0.2, 0.25) is 0 Å². The molecule has 1 aliphatic carbocycles. The lowest BCUT2D eigenvalue weighted by Gasteiger charge is -2.21. The van der Waals surface area contributed by atoms with Crippen LogP contribution >= 0.6 is 0 Å². The number of carbonyl (C=O) groups excluding carboxylic acids is 1. The van der Waals surface area contributed by atoms with Crippen molar-refractivity contribution in [3.05, 3.63) is 65.0 Å². The van der Waals surface area contributed by atoms with Crippen LogP contribution in [-0.4, -0.2) is 22.9 Å². The van der Waals surface area contributed by atoms with E-state index in [-0.39, 0.29) is 0 Å². The molecule has 0 spiro atoms. The van der Waals surface area contributed by atoms with Gasteiger partial charge in [-0.05, 0) is 84.3 Å². The summed E-state index contributed by atoms with van der Waals surface area (Å²) in [6.45, 7) is 2.73. The van der Waals surface area contributed by atoms with Crippen LogP contribution in [0.4, 0.5) is 0 Å². The summed E-state index contributed by atoms with van der Waals surface area (Å²) >= 11 is 0. The lowest BCUT2D eigenvalue weighted by Crippen LogP contribution is -2.09. The molecule has 4 nitrogen and oxygen atoms in total. The van der Waals surface area contributed by atoms with Crippen LogP contribution in [0, 0.1) is 24.7 Å². The smallest absolute Gasteiger partial charge is 0.129 e. The molecule has 0 atom stereocenters. The zero-order chi connectivity index (χ0) is 21.7. The molecular weight excluding hydrogens is 396 g/mol.